The summed E-state index contributed by atoms with van der Waals surface area (Å²) in [6, 6.07) is 4.51. The van der Waals surface area contributed by atoms with Crippen LogP contribution < -0.4 is 4.72 Å². The fraction of sp³-hybridized carbons (Fsp3) is 0.600. The minimum Gasteiger partial charge on any atom is -0.374 e. The van der Waals surface area contributed by atoms with Crippen molar-refractivity contribution in [2.45, 2.75) is 36.8 Å². The van der Waals surface area contributed by atoms with Crippen molar-refractivity contribution in [3.8, 4) is 0 Å². The van der Waals surface area contributed by atoms with Crippen LogP contribution in [0.1, 0.15) is 18.4 Å². The molecule has 132 valence electrons. The fourth-order valence-corrected chi connectivity index (χ4v) is 4.71. The summed E-state index contributed by atoms with van der Waals surface area (Å²) in [6.45, 7) is 3.97. The largest absolute Gasteiger partial charge is 0.374 e. The summed E-state index contributed by atoms with van der Waals surface area (Å²) in [4.78, 5) is 12.7. The highest BCUT2D eigenvalue weighted by Crippen LogP contribution is 2.25. The number of benzene rings is 1. The third kappa shape index (κ3) is 3.44. The Morgan fingerprint density at radius 2 is 2.25 bits per heavy atom. The zero-order valence-electron chi connectivity index (χ0n) is 13.5. The minimum atomic E-state index is -3.82. The molecule has 1 aromatic carbocycles. The molecule has 2 heterocycles. The predicted octanol–water partition coefficient (Wildman–Crippen LogP) is 1.04. The molecule has 0 aliphatic carbocycles. The average molecular weight is 355 g/mol. The second-order valence-corrected chi connectivity index (χ2v) is 7.99. The Balaban J connectivity index is 1.68. The van der Waals surface area contributed by atoms with Crippen molar-refractivity contribution in [1.82, 2.24) is 9.62 Å². The van der Waals surface area contributed by atoms with Gasteiger partial charge in [0.1, 0.15) is 0 Å². The molecule has 1 N–H and O–H groups in total. The van der Waals surface area contributed by atoms with E-state index < -0.39 is 14.9 Å². The molecule has 2 atom stereocenters. The topological polar surface area (TPSA) is 102 Å². The van der Waals surface area contributed by atoms with Gasteiger partial charge in [0.25, 0.3) is 5.69 Å². The maximum atomic E-state index is 12.5. The predicted molar refractivity (Wildman–Crippen MR) is 87.4 cm³/mol. The molecule has 0 spiro atoms. The van der Waals surface area contributed by atoms with Gasteiger partial charge in [-0.15, -0.1) is 0 Å². The van der Waals surface area contributed by atoms with E-state index in [1.807, 2.05) is 0 Å². The van der Waals surface area contributed by atoms with E-state index >= 15 is 0 Å². The van der Waals surface area contributed by atoms with Gasteiger partial charge in [-0.1, -0.05) is 6.07 Å². The maximum Gasteiger partial charge on any atom is 0.273 e. The first-order valence-corrected chi connectivity index (χ1v) is 9.46. The first kappa shape index (κ1) is 17.3. The van der Waals surface area contributed by atoms with Gasteiger partial charge in [0.15, 0.2) is 0 Å². The van der Waals surface area contributed by atoms with Crippen LogP contribution >= 0.6 is 0 Å². The van der Waals surface area contributed by atoms with Gasteiger partial charge in [0, 0.05) is 30.8 Å². The lowest BCUT2D eigenvalue weighted by Crippen LogP contribution is -2.50. The second kappa shape index (κ2) is 6.75. The SMILES string of the molecule is Cc1c([N+](=O)[O-])cccc1S(=O)(=O)NC[C@@H]1CN2CCC[C@H]2CO1. The van der Waals surface area contributed by atoms with Crippen LogP contribution in [0.4, 0.5) is 5.69 Å². The van der Waals surface area contributed by atoms with E-state index in [0.29, 0.717) is 19.2 Å². The van der Waals surface area contributed by atoms with Crippen molar-refractivity contribution in [3.63, 3.8) is 0 Å². The van der Waals surface area contributed by atoms with Crippen LogP contribution in [0.25, 0.3) is 0 Å². The third-order valence-electron chi connectivity index (χ3n) is 4.70. The Labute approximate surface area is 141 Å². The number of hydrogen-bond donors (Lipinski definition) is 1. The second-order valence-electron chi connectivity index (χ2n) is 6.26. The summed E-state index contributed by atoms with van der Waals surface area (Å²) in [5.41, 5.74) is -0.0640. The number of ether oxygens (including phenoxy) is 1. The van der Waals surface area contributed by atoms with Crippen molar-refractivity contribution < 1.29 is 18.1 Å². The summed E-state index contributed by atoms with van der Waals surface area (Å²) in [5.74, 6) is 0. The summed E-state index contributed by atoms with van der Waals surface area (Å²) in [7, 11) is -3.82. The summed E-state index contributed by atoms with van der Waals surface area (Å²) >= 11 is 0. The third-order valence-corrected chi connectivity index (χ3v) is 6.27. The number of morpholine rings is 1. The van der Waals surface area contributed by atoms with Crippen molar-refractivity contribution in [3.05, 3.63) is 33.9 Å². The minimum absolute atomic E-state index is 0.0634. The average Bonchev–Trinajstić information content (AvgIpc) is 3.00. The molecule has 2 aliphatic heterocycles. The molecule has 0 radical (unpaired) electrons. The normalized spacial score (nSPS) is 24.7. The highest BCUT2D eigenvalue weighted by molar-refractivity contribution is 7.89. The first-order chi connectivity index (χ1) is 11.4. The Bertz CT molecular complexity index is 737. The molecular formula is C15H21N3O5S. The quantitative estimate of drug-likeness (QED) is 0.626. The Morgan fingerprint density at radius 3 is 3.00 bits per heavy atom. The lowest BCUT2D eigenvalue weighted by molar-refractivity contribution is -0.385. The fourth-order valence-electron chi connectivity index (χ4n) is 3.38. The highest BCUT2D eigenvalue weighted by atomic mass is 32.2. The Kier molecular flexibility index (Phi) is 4.86. The van der Waals surface area contributed by atoms with Gasteiger partial charge in [-0.3, -0.25) is 15.0 Å². The molecule has 0 saturated carbocycles. The van der Waals surface area contributed by atoms with Crippen LogP contribution in [0.15, 0.2) is 23.1 Å². The van der Waals surface area contributed by atoms with E-state index in [9.17, 15) is 18.5 Å². The Morgan fingerprint density at radius 1 is 1.46 bits per heavy atom. The molecule has 0 amide bonds. The molecule has 0 bridgehead atoms. The van der Waals surface area contributed by atoms with Crippen molar-refractivity contribution in [2.24, 2.45) is 0 Å². The molecule has 9 heteroatoms. The molecule has 2 aliphatic rings. The monoisotopic (exact) mass is 355 g/mol. The standard InChI is InChI=1S/C15H21N3O5S/c1-11-14(18(19)20)5-2-6-15(11)24(21,22)16-8-13-9-17-7-3-4-12(17)10-23-13/h2,5-6,12-13,16H,3-4,7-10H2,1H3/t12-,13+/m0/s1. The van der Waals surface area contributed by atoms with Gasteiger partial charge in [-0.25, -0.2) is 13.1 Å². The summed E-state index contributed by atoms with van der Waals surface area (Å²) < 4.78 is 33.3. The van der Waals surface area contributed by atoms with Crippen LogP contribution in [0.2, 0.25) is 0 Å². The zero-order chi connectivity index (χ0) is 17.3. The maximum absolute atomic E-state index is 12.5. The number of nitrogens with one attached hydrogen (secondary N) is 1. The summed E-state index contributed by atoms with van der Waals surface area (Å²) in [5, 5.41) is 11.0. The first-order valence-electron chi connectivity index (χ1n) is 7.98. The molecule has 0 aromatic heterocycles. The van der Waals surface area contributed by atoms with Gasteiger partial charge in [0.05, 0.1) is 22.5 Å². The molecule has 3 rings (SSSR count). The van der Waals surface area contributed by atoms with Gasteiger partial charge in [-0.05, 0) is 32.4 Å². The van der Waals surface area contributed by atoms with Gasteiger partial charge in [0.2, 0.25) is 10.0 Å². The van der Waals surface area contributed by atoms with Crippen LogP contribution in [0.5, 0.6) is 0 Å². The van der Waals surface area contributed by atoms with E-state index in [0.717, 1.165) is 19.4 Å². The van der Waals surface area contributed by atoms with E-state index in [1.54, 1.807) is 0 Å². The van der Waals surface area contributed by atoms with Crippen LogP contribution in [-0.2, 0) is 14.8 Å². The van der Waals surface area contributed by atoms with Crippen molar-refractivity contribution in [2.75, 3.05) is 26.2 Å². The van der Waals surface area contributed by atoms with E-state index in [1.165, 1.54) is 25.1 Å². The van der Waals surface area contributed by atoms with Gasteiger partial charge >= 0.3 is 0 Å². The molecule has 1 aromatic rings. The van der Waals surface area contributed by atoms with E-state index in [2.05, 4.69) is 9.62 Å². The number of nitro groups is 1. The summed E-state index contributed by atoms with van der Waals surface area (Å²) in [6.07, 6.45) is 2.08. The molecule has 2 saturated heterocycles. The van der Waals surface area contributed by atoms with Crippen molar-refractivity contribution in [1.29, 1.82) is 0 Å². The number of sulfonamides is 1. The molecule has 8 nitrogen and oxygen atoms in total. The molecular weight excluding hydrogens is 334 g/mol. The molecule has 2 fully saturated rings. The van der Waals surface area contributed by atoms with Gasteiger partial charge in [-0.2, -0.15) is 0 Å². The number of fused-ring (bicyclic) bond motifs is 1. The smallest absolute Gasteiger partial charge is 0.273 e. The lowest BCUT2D eigenvalue weighted by atomic mass is 10.2. The van der Waals surface area contributed by atoms with Crippen LogP contribution in [0, 0.1) is 17.0 Å². The number of nitrogens with zero attached hydrogens (tertiary/aromatic N) is 2. The lowest BCUT2D eigenvalue weighted by Gasteiger charge is -2.35. The van der Waals surface area contributed by atoms with E-state index in [4.69, 9.17) is 4.74 Å². The van der Waals surface area contributed by atoms with Crippen molar-refractivity contribution >= 4 is 15.7 Å². The molecule has 24 heavy (non-hydrogen) atoms. The van der Waals surface area contributed by atoms with E-state index in [-0.39, 0.29) is 28.8 Å². The number of nitro benzene ring substituents is 1. The molecule has 0 unspecified atom stereocenters. The number of hydrogen-bond acceptors (Lipinski definition) is 6. The number of rotatable bonds is 5. The van der Waals surface area contributed by atoms with Crippen LogP contribution in [-0.4, -0.2) is 56.6 Å². The zero-order valence-corrected chi connectivity index (χ0v) is 14.3. The highest BCUT2D eigenvalue weighted by Gasteiger charge is 2.33. The van der Waals surface area contributed by atoms with Crippen LogP contribution in [0.3, 0.4) is 0 Å². The Hall–Kier alpha value is -1.55. The van der Waals surface area contributed by atoms with Gasteiger partial charge < -0.3 is 4.74 Å².